The van der Waals surface area contributed by atoms with Crippen LogP contribution < -0.4 is 5.32 Å². The number of carbonyl (C=O) groups is 1. The molecule has 6 heteroatoms. The maximum atomic E-state index is 11.9. The number of hydrogen-bond donors (Lipinski definition) is 1. The van der Waals surface area contributed by atoms with Gasteiger partial charge in [-0.2, -0.15) is 0 Å². The van der Waals surface area contributed by atoms with Crippen LogP contribution in [0.25, 0.3) is 11.0 Å². The van der Waals surface area contributed by atoms with Crippen LogP contribution in [-0.2, 0) is 16.1 Å². The molecular weight excluding hydrogens is 310 g/mol. The van der Waals surface area contributed by atoms with Gasteiger partial charge in [-0.15, -0.1) is 0 Å². The molecule has 0 saturated carbocycles. The summed E-state index contributed by atoms with van der Waals surface area (Å²) < 4.78 is 7.94. The van der Waals surface area contributed by atoms with Crippen molar-refractivity contribution in [3.63, 3.8) is 0 Å². The van der Waals surface area contributed by atoms with Crippen LogP contribution in [0.4, 0.5) is 5.95 Å². The molecule has 1 atom stereocenters. The van der Waals surface area contributed by atoms with Crippen molar-refractivity contribution >= 4 is 38.8 Å². The molecule has 0 saturated heterocycles. The fraction of sp³-hybridized carbons (Fsp3) is 0.385. The Hall–Kier alpha value is -1.40. The molecular formula is C13H16BrN3O2. The Morgan fingerprint density at radius 1 is 1.58 bits per heavy atom. The van der Waals surface area contributed by atoms with Crippen LogP contribution in [-0.4, -0.2) is 28.7 Å². The van der Waals surface area contributed by atoms with E-state index in [0.29, 0.717) is 5.95 Å². The number of aryl methyl sites for hydroxylation is 1. The van der Waals surface area contributed by atoms with E-state index in [4.69, 9.17) is 4.74 Å². The number of halogens is 1. The normalized spacial score (nSPS) is 12.6. The molecule has 0 aliphatic heterocycles. The van der Waals surface area contributed by atoms with Gasteiger partial charge in [0.1, 0.15) is 6.10 Å². The standard InChI is InChI=1S/C13H16BrN3O2/c1-4-17-11-7-9(14)5-6-10(11)15-13(17)16-12(18)8(2)19-3/h5-8H,4H2,1-3H3,(H,15,16,18). The van der Waals surface area contributed by atoms with E-state index < -0.39 is 6.10 Å². The van der Waals surface area contributed by atoms with Crippen LogP contribution in [0.15, 0.2) is 22.7 Å². The third-order valence-corrected chi connectivity index (χ3v) is 3.48. The lowest BCUT2D eigenvalue weighted by Gasteiger charge is -2.11. The van der Waals surface area contributed by atoms with Gasteiger partial charge in [-0.1, -0.05) is 15.9 Å². The largest absolute Gasteiger partial charge is 0.372 e. The monoisotopic (exact) mass is 325 g/mol. The molecule has 2 rings (SSSR count). The number of ether oxygens (including phenoxy) is 1. The first-order chi connectivity index (χ1) is 9.06. The smallest absolute Gasteiger partial charge is 0.255 e. The van der Waals surface area contributed by atoms with Gasteiger partial charge in [0.15, 0.2) is 0 Å². The van der Waals surface area contributed by atoms with Crippen molar-refractivity contribution in [1.29, 1.82) is 0 Å². The van der Waals surface area contributed by atoms with E-state index in [1.807, 2.05) is 29.7 Å². The summed E-state index contributed by atoms with van der Waals surface area (Å²) in [6.07, 6.45) is -0.503. The number of aromatic nitrogens is 2. The molecule has 0 spiro atoms. The van der Waals surface area contributed by atoms with Gasteiger partial charge in [-0.05, 0) is 32.0 Å². The predicted octanol–water partition coefficient (Wildman–Crippen LogP) is 2.79. The van der Waals surface area contributed by atoms with Gasteiger partial charge in [0, 0.05) is 18.1 Å². The molecule has 1 N–H and O–H groups in total. The van der Waals surface area contributed by atoms with E-state index >= 15 is 0 Å². The van der Waals surface area contributed by atoms with Crippen LogP contribution in [0.2, 0.25) is 0 Å². The summed E-state index contributed by atoms with van der Waals surface area (Å²) in [4.78, 5) is 16.3. The van der Waals surface area contributed by atoms with Gasteiger partial charge < -0.3 is 9.30 Å². The number of anilines is 1. The van der Waals surface area contributed by atoms with Gasteiger partial charge in [0.2, 0.25) is 5.95 Å². The molecule has 1 aromatic heterocycles. The second kappa shape index (κ2) is 5.71. The molecule has 1 heterocycles. The van der Waals surface area contributed by atoms with Crippen LogP contribution in [0, 0.1) is 0 Å². The van der Waals surface area contributed by atoms with Crippen LogP contribution in [0.5, 0.6) is 0 Å². The van der Waals surface area contributed by atoms with E-state index in [-0.39, 0.29) is 5.91 Å². The van der Waals surface area contributed by atoms with Crippen molar-refractivity contribution in [1.82, 2.24) is 9.55 Å². The Bertz CT molecular complexity index is 609. The number of fused-ring (bicyclic) bond motifs is 1. The molecule has 1 aromatic carbocycles. The summed E-state index contributed by atoms with van der Waals surface area (Å²) in [5.74, 6) is 0.344. The number of carbonyl (C=O) groups excluding carboxylic acids is 1. The van der Waals surface area contributed by atoms with E-state index in [9.17, 15) is 4.79 Å². The molecule has 19 heavy (non-hydrogen) atoms. The summed E-state index contributed by atoms with van der Waals surface area (Å²) in [5.41, 5.74) is 1.84. The van der Waals surface area contributed by atoms with E-state index in [2.05, 4.69) is 26.2 Å². The first kappa shape index (κ1) is 14.0. The minimum atomic E-state index is -0.503. The van der Waals surface area contributed by atoms with E-state index in [0.717, 1.165) is 22.1 Å². The van der Waals surface area contributed by atoms with Crippen molar-refractivity contribution in [2.75, 3.05) is 12.4 Å². The zero-order valence-electron chi connectivity index (χ0n) is 11.1. The van der Waals surface area contributed by atoms with Gasteiger partial charge in [-0.3, -0.25) is 10.1 Å². The zero-order valence-corrected chi connectivity index (χ0v) is 12.7. The molecule has 102 valence electrons. The highest BCUT2D eigenvalue weighted by Gasteiger charge is 2.16. The number of amides is 1. The Kier molecular flexibility index (Phi) is 4.21. The maximum absolute atomic E-state index is 11.9. The number of rotatable bonds is 4. The molecule has 2 aromatic rings. The lowest BCUT2D eigenvalue weighted by atomic mass is 10.3. The quantitative estimate of drug-likeness (QED) is 0.940. The number of methoxy groups -OCH3 is 1. The fourth-order valence-electron chi connectivity index (χ4n) is 1.83. The number of nitrogens with zero attached hydrogens (tertiary/aromatic N) is 2. The average Bonchev–Trinajstić information content (AvgIpc) is 2.74. The van der Waals surface area contributed by atoms with Crippen LogP contribution in [0.3, 0.4) is 0 Å². The third kappa shape index (κ3) is 2.79. The topological polar surface area (TPSA) is 56.2 Å². The summed E-state index contributed by atoms with van der Waals surface area (Å²) in [5, 5.41) is 2.79. The number of hydrogen-bond acceptors (Lipinski definition) is 3. The third-order valence-electron chi connectivity index (χ3n) is 2.98. The predicted molar refractivity (Wildman–Crippen MR) is 78.2 cm³/mol. The van der Waals surface area contributed by atoms with Gasteiger partial charge >= 0.3 is 0 Å². The molecule has 0 radical (unpaired) electrons. The Balaban J connectivity index is 2.40. The van der Waals surface area contributed by atoms with Crippen molar-refractivity contribution < 1.29 is 9.53 Å². The second-order valence-corrected chi connectivity index (χ2v) is 5.10. The maximum Gasteiger partial charge on any atom is 0.255 e. The van der Waals surface area contributed by atoms with Gasteiger partial charge in [0.25, 0.3) is 5.91 Å². The first-order valence-electron chi connectivity index (χ1n) is 6.06. The molecule has 0 aliphatic carbocycles. The van der Waals surface area contributed by atoms with Crippen molar-refractivity contribution in [2.45, 2.75) is 26.5 Å². The summed E-state index contributed by atoms with van der Waals surface area (Å²) in [6, 6.07) is 5.83. The minimum absolute atomic E-state index is 0.202. The Morgan fingerprint density at radius 2 is 2.32 bits per heavy atom. The Morgan fingerprint density at radius 3 is 2.95 bits per heavy atom. The molecule has 1 unspecified atom stereocenters. The molecule has 0 fully saturated rings. The number of nitrogens with one attached hydrogen (secondary N) is 1. The van der Waals surface area contributed by atoms with Crippen LogP contribution >= 0.6 is 15.9 Å². The first-order valence-corrected chi connectivity index (χ1v) is 6.85. The number of imidazole rings is 1. The SMILES string of the molecule is CCn1c(NC(=O)C(C)OC)nc2ccc(Br)cc21. The van der Waals surface area contributed by atoms with E-state index in [1.165, 1.54) is 7.11 Å². The molecule has 1 amide bonds. The van der Waals surface area contributed by atoms with Gasteiger partial charge in [-0.25, -0.2) is 4.98 Å². The summed E-state index contributed by atoms with van der Waals surface area (Å²) in [6.45, 7) is 4.44. The van der Waals surface area contributed by atoms with E-state index in [1.54, 1.807) is 6.92 Å². The number of benzene rings is 1. The second-order valence-electron chi connectivity index (χ2n) is 4.18. The zero-order chi connectivity index (χ0) is 14.0. The van der Waals surface area contributed by atoms with Crippen LogP contribution in [0.1, 0.15) is 13.8 Å². The van der Waals surface area contributed by atoms with Crippen molar-refractivity contribution in [2.24, 2.45) is 0 Å². The lowest BCUT2D eigenvalue weighted by molar-refractivity contribution is -0.124. The van der Waals surface area contributed by atoms with Crippen molar-refractivity contribution in [3.05, 3.63) is 22.7 Å². The Labute approximate surface area is 120 Å². The average molecular weight is 326 g/mol. The van der Waals surface area contributed by atoms with Gasteiger partial charge in [0.05, 0.1) is 11.0 Å². The minimum Gasteiger partial charge on any atom is -0.372 e. The highest BCUT2D eigenvalue weighted by atomic mass is 79.9. The summed E-state index contributed by atoms with van der Waals surface area (Å²) >= 11 is 3.44. The fourth-order valence-corrected chi connectivity index (χ4v) is 2.18. The highest BCUT2D eigenvalue weighted by Crippen LogP contribution is 2.23. The van der Waals surface area contributed by atoms with Crippen molar-refractivity contribution in [3.8, 4) is 0 Å². The molecule has 0 aliphatic rings. The molecule has 5 nitrogen and oxygen atoms in total. The summed E-state index contributed by atoms with van der Waals surface area (Å²) in [7, 11) is 1.50. The molecule has 0 bridgehead atoms. The lowest BCUT2D eigenvalue weighted by Crippen LogP contribution is -2.28. The highest BCUT2D eigenvalue weighted by molar-refractivity contribution is 9.10.